The van der Waals surface area contributed by atoms with Crippen LogP contribution in [0.1, 0.15) is 12.5 Å². The first-order valence-corrected chi connectivity index (χ1v) is 6.33. The minimum absolute atomic E-state index is 0. The van der Waals surface area contributed by atoms with Gasteiger partial charge in [0.15, 0.2) is 11.5 Å². The van der Waals surface area contributed by atoms with Gasteiger partial charge in [-0.1, -0.05) is 13.0 Å². The summed E-state index contributed by atoms with van der Waals surface area (Å²) in [6.07, 6.45) is 0. The summed E-state index contributed by atoms with van der Waals surface area (Å²) < 4.78 is 10.6. The van der Waals surface area contributed by atoms with Crippen molar-refractivity contribution in [3.8, 4) is 11.5 Å². The Labute approximate surface area is 121 Å². The van der Waals surface area contributed by atoms with Crippen molar-refractivity contribution in [1.82, 2.24) is 4.90 Å². The van der Waals surface area contributed by atoms with Crippen LogP contribution in [0, 0.1) is 5.92 Å². The Morgan fingerprint density at radius 1 is 1.21 bits per heavy atom. The van der Waals surface area contributed by atoms with Gasteiger partial charge in [-0.25, -0.2) is 0 Å². The van der Waals surface area contributed by atoms with Crippen LogP contribution in [0.2, 0.25) is 0 Å². The highest BCUT2D eigenvalue weighted by Gasteiger charge is 2.26. The van der Waals surface area contributed by atoms with Crippen LogP contribution in [0.25, 0.3) is 0 Å². The first kappa shape index (κ1) is 16.1. The third-order valence-corrected chi connectivity index (χ3v) is 3.60. The zero-order valence-corrected chi connectivity index (χ0v) is 12.6. The van der Waals surface area contributed by atoms with E-state index >= 15 is 0 Å². The molecule has 1 aromatic rings. The lowest BCUT2D eigenvalue weighted by molar-refractivity contribution is 0.316. The molecule has 0 saturated carbocycles. The molecule has 2 N–H and O–H groups in total. The van der Waals surface area contributed by atoms with Crippen molar-refractivity contribution in [3.63, 3.8) is 0 Å². The summed E-state index contributed by atoms with van der Waals surface area (Å²) >= 11 is 0. The van der Waals surface area contributed by atoms with Crippen molar-refractivity contribution in [1.29, 1.82) is 0 Å². The molecule has 2 rings (SSSR count). The molecule has 1 aliphatic heterocycles. The molecular weight excluding hydrogens is 264 g/mol. The maximum Gasteiger partial charge on any atom is 0.161 e. The zero-order chi connectivity index (χ0) is 13.1. The number of likely N-dealkylation sites (tertiary alicyclic amines) is 1. The van der Waals surface area contributed by atoms with Crippen LogP contribution in [0.15, 0.2) is 18.2 Å². The third-order valence-electron chi connectivity index (χ3n) is 3.60. The van der Waals surface area contributed by atoms with E-state index < -0.39 is 0 Å². The van der Waals surface area contributed by atoms with E-state index in [2.05, 4.69) is 17.9 Å². The van der Waals surface area contributed by atoms with Gasteiger partial charge in [0.25, 0.3) is 0 Å². The van der Waals surface area contributed by atoms with Gasteiger partial charge in [-0.2, -0.15) is 0 Å². The normalized spacial score (nSPS) is 22.9. The summed E-state index contributed by atoms with van der Waals surface area (Å²) in [4.78, 5) is 2.39. The van der Waals surface area contributed by atoms with Gasteiger partial charge in [-0.3, -0.25) is 4.90 Å². The van der Waals surface area contributed by atoms with E-state index in [9.17, 15) is 0 Å². The molecule has 0 aromatic heterocycles. The number of hydrogen-bond donors (Lipinski definition) is 1. The minimum Gasteiger partial charge on any atom is -0.493 e. The number of ether oxygens (including phenoxy) is 2. The van der Waals surface area contributed by atoms with Gasteiger partial charge < -0.3 is 15.2 Å². The standard InChI is InChI=1S/C14H22N2O2.ClH/c1-10-7-16(9-12(10)15)8-11-4-5-13(17-2)14(6-11)18-3;/h4-6,10,12H,7-9,15H2,1-3H3;1H. The van der Waals surface area contributed by atoms with Gasteiger partial charge in [-0.05, 0) is 23.6 Å². The predicted octanol–water partition coefficient (Wildman–Crippen LogP) is 1.90. The minimum atomic E-state index is 0. The molecule has 19 heavy (non-hydrogen) atoms. The summed E-state index contributed by atoms with van der Waals surface area (Å²) in [5.74, 6) is 2.13. The number of methoxy groups -OCH3 is 2. The second-order valence-corrected chi connectivity index (χ2v) is 5.02. The van der Waals surface area contributed by atoms with Crippen molar-refractivity contribution in [2.45, 2.75) is 19.5 Å². The Balaban J connectivity index is 0.00000180. The molecule has 0 aliphatic carbocycles. The molecule has 0 spiro atoms. The highest BCUT2D eigenvalue weighted by atomic mass is 35.5. The maximum atomic E-state index is 6.04. The van der Waals surface area contributed by atoms with E-state index in [1.54, 1.807) is 14.2 Å². The smallest absolute Gasteiger partial charge is 0.161 e. The first-order chi connectivity index (χ1) is 8.63. The Bertz CT molecular complexity index is 404. The number of nitrogens with zero attached hydrogens (tertiary/aromatic N) is 1. The van der Waals surface area contributed by atoms with Crippen molar-refractivity contribution >= 4 is 12.4 Å². The largest absolute Gasteiger partial charge is 0.493 e. The molecule has 1 saturated heterocycles. The summed E-state index contributed by atoms with van der Waals surface area (Å²) in [6, 6.07) is 6.36. The van der Waals surface area contributed by atoms with Crippen LogP contribution in [-0.2, 0) is 6.54 Å². The van der Waals surface area contributed by atoms with Crippen molar-refractivity contribution in [3.05, 3.63) is 23.8 Å². The molecule has 108 valence electrons. The molecular formula is C14H23ClN2O2. The highest BCUT2D eigenvalue weighted by Crippen LogP contribution is 2.28. The second kappa shape index (κ2) is 6.98. The Hall–Kier alpha value is -0.970. The number of benzene rings is 1. The monoisotopic (exact) mass is 286 g/mol. The SMILES string of the molecule is COc1ccc(CN2CC(C)C(N)C2)cc1OC.Cl. The quantitative estimate of drug-likeness (QED) is 0.918. The fraction of sp³-hybridized carbons (Fsp3) is 0.571. The molecule has 0 radical (unpaired) electrons. The molecule has 5 heteroatoms. The van der Waals surface area contributed by atoms with E-state index in [4.69, 9.17) is 15.2 Å². The summed E-state index contributed by atoms with van der Waals surface area (Å²) in [5.41, 5.74) is 7.27. The van der Waals surface area contributed by atoms with Crippen LogP contribution in [0.5, 0.6) is 11.5 Å². The van der Waals surface area contributed by atoms with Crippen LogP contribution < -0.4 is 15.2 Å². The fourth-order valence-electron chi connectivity index (χ4n) is 2.46. The lowest BCUT2D eigenvalue weighted by Crippen LogP contribution is -2.28. The Morgan fingerprint density at radius 2 is 1.89 bits per heavy atom. The number of nitrogens with two attached hydrogens (primary N) is 1. The molecule has 0 amide bonds. The number of halogens is 1. The number of hydrogen-bond acceptors (Lipinski definition) is 4. The second-order valence-electron chi connectivity index (χ2n) is 5.02. The fourth-order valence-corrected chi connectivity index (χ4v) is 2.46. The van der Waals surface area contributed by atoms with E-state index in [-0.39, 0.29) is 12.4 Å². The van der Waals surface area contributed by atoms with Gasteiger partial charge in [0, 0.05) is 25.7 Å². The molecule has 4 nitrogen and oxygen atoms in total. The van der Waals surface area contributed by atoms with Gasteiger partial charge >= 0.3 is 0 Å². The molecule has 0 bridgehead atoms. The van der Waals surface area contributed by atoms with Crippen LogP contribution in [0.4, 0.5) is 0 Å². The topological polar surface area (TPSA) is 47.7 Å². The zero-order valence-electron chi connectivity index (χ0n) is 11.8. The average Bonchev–Trinajstić information content (AvgIpc) is 2.68. The molecule has 1 aromatic carbocycles. The lowest BCUT2D eigenvalue weighted by Gasteiger charge is -2.16. The molecule has 2 unspecified atom stereocenters. The summed E-state index contributed by atoms with van der Waals surface area (Å²) in [6.45, 7) is 5.16. The first-order valence-electron chi connectivity index (χ1n) is 6.33. The highest BCUT2D eigenvalue weighted by molar-refractivity contribution is 5.85. The average molecular weight is 287 g/mol. The van der Waals surface area contributed by atoms with Crippen LogP contribution >= 0.6 is 12.4 Å². The Kier molecular flexibility index (Phi) is 5.91. The van der Waals surface area contributed by atoms with Gasteiger partial charge in [-0.15, -0.1) is 12.4 Å². The van der Waals surface area contributed by atoms with Crippen molar-refractivity contribution in [2.75, 3.05) is 27.3 Å². The third kappa shape index (κ3) is 3.75. The van der Waals surface area contributed by atoms with Crippen molar-refractivity contribution in [2.24, 2.45) is 11.7 Å². The lowest BCUT2D eigenvalue weighted by atomic mass is 10.1. The van der Waals surface area contributed by atoms with E-state index in [1.807, 2.05) is 12.1 Å². The van der Waals surface area contributed by atoms with E-state index in [1.165, 1.54) is 5.56 Å². The van der Waals surface area contributed by atoms with E-state index in [0.717, 1.165) is 31.1 Å². The van der Waals surface area contributed by atoms with Gasteiger partial charge in [0.1, 0.15) is 0 Å². The van der Waals surface area contributed by atoms with Crippen LogP contribution in [0.3, 0.4) is 0 Å². The molecule has 1 heterocycles. The van der Waals surface area contributed by atoms with E-state index in [0.29, 0.717) is 12.0 Å². The van der Waals surface area contributed by atoms with Crippen molar-refractivity contribution < 1.29 is 9.47 Å². The molecule has 1 aliphatic rings. The molecule has 1 fully saturated rings. The van der Waals surface area contributed by atoms with Gasteiger partial charge in [0.2, 0.25) is 0 Å². The van der Waals surface area contributed by atoms with Gasteiger partial charge in [0.05, 0.1) is 14.2 Å². The van der Waals surface area contributed by atoms with Crippen LogP contribution in [-0.4, -0.2) is 38.3 Å². The summed E-state index contributed by atoms with van der Waals surface area (Å²) in [5, 5.41) is 0. The predicted molar refractivity (Wildman–Crippen MR) is 79.2 cm³/mol. The maximum absolute atomic E-state index is 6.04. The Morgan fingerprint density at radius 3 is 2.42 bits per heavy atom. The number of rotatable bonds is 4. The molecule has 2 atom stereocenters. The summed E-state index contributed by atoms with van der Waals surface area (Å²) in [7, 11) is 3.31.